The topological polar surface area (TPSA) is 38.3 Å². The molecule has 1 aliphatic carbocycles. The second-order valence-corrected chi connectivity index (χ2v) is 5.37. The van der Waals surface area contributed by atoms with Crippen molar-refractivity contribution in [3.05, 3.63) is 29.3 Å². The number of anilines is 1. The van der Waals surface area contributed by atoms with Crippen molar-refractivity contribution in [1.82, 2.24) is 0 Å². The van der Waals surface area contributed by atoms with Gasteiger partial charge in [-0.3, -0.25) is 4.79 Å². The fourth-order valence-corrected chi connectivity index (χ4v) is 2.66. The number of esters is 1. The van der Waals surface area contributed by atoms with Gasteiger partial charge in [-0.2, -0.15) is 0 Å². The number of rotatable bonds is 4. The Labute approximate surface area is 115 Å². The van der Waals surface area contributed by atoms with Crippen LogP contribution in [0, 0.1) is 13.8 Å². The van der Waals surface area contributed by atoms with Crippen LogP contribution >= 0.6 is 0 Å². The maximum atomic E-state index is 11.8. The van der Waals surface area contributed by atoms with Gasteiger partial charge in [-0.25, -0.2) is 0 Å². The molecule has 0 saturated heterocycles. The van der Waals surface area contributed by atoms with Crippen LogP contribution in [0.1, 0.15) is 43.2 Å². The second kappa shape index (κ2) is 6.60. The van der Waals surface area contributed by atoms with Crippen LogP contribution in [0.5, 0.6) is 0 Å². The monoisotopic (exact) mass is 261 g/mol. The molecule has 1 aromatic rings. The molecule has 0 heterocycles. The van der Waals surface area contributed by atoms with E-state index in [0.29, 0.717) is 0 Å². The summed E-state index contributed by atoms with van der Waals surface area (Å²) in [5.41, 5.74) is 3.36. The standard InChI is InChI=1S/C16H23NO2/c1-12-7-6-8-13(2)16(12)17-11-15(18)19-14-9-4-3-5-10-14/h6-8,14,17H,3-5,9-11H2,1-2H3. The zero-order valence-electron chi connectivity index (χ0n) is 11.9. The average molecular weight is 261 g/mol. The third kappa shape index (κ3) is 3.98. The van der Waals surface area contributed by atoms with Crippen molar-refractivity contribution in [1.29, 1.82) is 0 Å². The van der Waals surface area contributed by atoms with E-state index >= 15 is 0 Å². The highest BCUT2D eigenvalue weighted by Gasteiger charge is 2.17. The number of nitrogens with one attached hydrogen (secondary N) is 1. The summed E-state index contributed by atoms with van der Waals surface area (Å²) in [6.07, 6.45) is 5.82. The van der Waals surface area contributed by atoms with Gasteiger partial charge in [-0.1, -0.05) is 24.6 Å². The molecule has 0 spiro atoms. The van der Waals surface area contributed by atoms with Gasteiger partial charge < -0.3 is 10.1 Å². The molecule has 1 aromatic carbocycles. The maximum Gasteiger partial charge on any atom is 0.325 e. The highest BCUT2D eigenvalue weighted by atomic mass is 16.5. The lowest BCUT2D eigenvalue weighted by atomic mass is 9.98. The molecule has 1 N–H and O–H groups in total. The van der Waals surface area contributed by atoms with Crippen LogP contribution in [0.2, 0.25) is 0 Å². The Morgan fingerprint density at radius 3 is 2.47 bits per heavy atom. The van der Waals surface area contributed by atoms with E-state index in [4.69, 9.17) is 4.74 Å². The lowest BCUT2D eigenvalue weighted by Gasteiger charge is -2.22. The van der Waals surface area contributed by atoms with Crippen LogP contribution in [-0.2, 0) is 9.53 Å². The maximum absolute atomic E-state index is 11.8. The molecule has 0 atom stereocenters. The molecule has 0 radical (unpaired) electrons. The molecule has 0 amide bonds. The van der Waals surface area contributed by atoms with Crippen molar-refractivity contribution in [2.75, 3.05) is 11.9 Å². The minimum Gasteiger partial charge on any atom is -0.461 e. The Balaban J connectivity index is 1.83. The van der Waals surface area contributed by atoms with Gasteiger partial charge in [0.25, 0.3) is 0 Å². The van der Waals surface area contributed by atoms with Crippen LogP contribution in [0.15, 0.2) is 18.2 Å². The highest BCUT2D eigenvalue weighted by molar-refractivity contribution is 5.76. The number of para-hydroxylation sites is 1. The van der Waals surface area contributed by atoms with E-state index in [2.05, 4.69) is 5.32 Å². The molecule has 0 aromatic heterocycles. The van der Waals surface area contributed by atoms with E-state index in [9.17, 15) is 4.79 Å². The summed E-state index contributed by atoms with van der Waals surface area (Å²) in [5.74, 6) is -0.144. The molecule has 3 nitrogen and oxygen atoms in total. The van der Waals surface area contributed by atoms with Gasteiger partial charge in [0.1, 0.15) is 12.6 Å². The first-order chi connectivity index (χ1) is 9.16. The number of carbonyl (C=O) groups excluding carboxylic acids is 1. The molecule has 1 saturated carbocycles. The number of hydrogen-bond donors (Lipinski definition) is 1. The fraction of sp³-hybridized carbons (Fsp3) is 0.562. The van der Waals surface area contributed by atoms with E-state index in [0.717, 1.165) is 29.7 Å². The van der Waals surface area contributed by atoms with Gasteiger partial charge >= 0.3 is 5.97 Å². The van der Waals surface area contributed by atoms with E-state index in [1.807, 2.05) is 32.0 Å². The van der Waals surface area contributed by atoms with Gasteiger partial charge in [0, 0.05) is 5.69 Å². The molecule has 3 heteroatoms. The molecule has 0 bridgehead atoms. The Morgan fingerprint density at radius 1 is 1.21 bits per heavy atom. The Bertz CT molecular complexity index is 416. The summed E-state index contributed by atoms with van der Waals surface area (Å²) in [5, 5.41) is 3.20. The zero-order valence-corrected chi connectivity index (χ0v) is 11.9. The second-order valence-electron chi connectivity index (χ2n) is 5.37. The molecular formula is C16H23NO2. The first-order valence-corrected chi connectivity index (χ1v) is 7.16. The number of hydrogen-bond acceptors (Lipinski definition) is 3. The number of carbonyl (C=O) groups is 1. The number of ether oxygens (including phenoxy) is 1. The predicted octanol–water partition coefficient (Wildman–Crippen LogP) is 3.59. The van der Waals surface area contributed by atoms with Crippen molar-refractivity contribution in [2.24, 2.45) is 0 Å². The summed E-state index contributed by atoms with van der Waals surface area (Å²) in [6.45, 7) is 4.34. The third-order valence-corrected chi connectivity index (χ3v) is 3.74. The summed E-state index contributed by atoms with van der Waals surface area (Å²) in [4.78, 5) is 11.8. The van der Waals surface area contributed by atoms with E-state index < -0.39 is 0 Å². The largest absolute Gasteiger partial charge is 0.461 e. The molecule has 19 heavy (non-hydrogen) atoms. The molecular weight excluding hydrogens is 238 g/mol. The third-order valence-electron chi connectivity index (χ3n) is 3.74. The summed E-state index contributed by atoms with van der Waals surface area (Å²) in [7, 11) is 0. The zero-order chi connectivity index (χ0) is 13.7. The van der Waals surface area contributed by atoms with Crippen molar-refractivity contribution in [3.8, 4) is 0 Å². The van der Waals surface area contributed by atoms with E-state index in [-0.39, 0.29) is 18.6 Å². The molecule has 0 unspecified atom stereocenters. The molecule has 0 aliphatic heterocycles. The van der Waals surface area contributed by atoms with Crippen LogP contribution in [-0.4, -0.2) is 18.6 Å². The van der Waals surface area contributed by atoms with Crippen molar-refractivity contribution in [3.63, 3.8) is 0 Å². The van der Waals surface area contributed by atoms with E-state index in [1.165, 1.54) is 19.3 Å². The lowest BCUT2D eigenvalue weighted by Crippen LogP contribution is -2.25. The summed E-state index contributed by atoms with van der Waals surface area (Å²) in [6, 6.07) is 6.11. The first kappa shape index (κ1) is 13.9. The fourth-order valence-electron chi connectivity index (χ4n) is 2.66. The van der Waals surface area contributed by atoms with Gasteiger partial charge in [0.05, 0.1) is 0 Å². The average Bonchev–Trinajstić information content (AvgIpc) is 2.39. The van der Waals surface area contributed by atoms with Crippen molar-refractivity contribution in [2.45, 2.75) is 52.1 Å². The van der Waals surface area contributed by atoms with Gasteiger partial charge in [0.2, 0.25) is 0 Å². The predicted molar refractivity (Wildman–Crippen MR) is 77.4 cm³/mol. The number of aryl methyl sites for hydroxylation is 2. The Morgan fingerprint density at radius 2 is 1.84 bits per heavy atom. The van der Waals surface area contributed by atoms with Crippen LogP contribution in [0.4, 0.5) is 5.69 Å². The van der Waals surface area contributed by atoms with Crippen LogP contribution in [0.3, 0.4) is 0 Å². The minimum atomic E-state index is -0.144. The minimum absolute atomic E-state index is 0.140. The smallest absolute Gasteiger partial charge is 0.325 e. The normalized spacial score (nSPS) is 16.1. The first-order valence-electron chi connectivity index (χ1n) is 7.16. The number of benzene rings is 1. The van der Waals surface area contributed by atoms with Crippen molar-refractivity contribution < 1.29 is 9.53 Å². The molecule has 2 rings (SSSR count). The Hall–Kier alpha value is -1.51. The van der Waals surface area contributed by atoms with Gasteiger partial charge in [-0.05, 0) is 50.7 Å². The molecule has 1 aliphatic rings. The highest BCUT2D eigenvalue weighted by Crippen LogP contribution is 2.21. The summed E-state index contributed by atoms with van der Waals surface area (Å²) < 4.78 is 5.49. The van der Waals surface area contributed by atoms with Crippen molar-refractivity contribution >= 4 is 11.7 Å². The van der Waals surface area contributed by atoms with E-state index in [1.54, 1.807) is 0 Å². The van der Waals surface area contributed by atoms with Gasteiger partial charge in [-0.15, -0.1) is 0 Å². The van der Waals surface area contributed by atoms with Gasteiger partial charge in [0.15, 0.2) is 0 Å². The molecule has 1 fully saturated rings. The summed E-state index contributed by atoms with van der Waals surface area (Å²) >= 11 is 0. The quantitative estimate of drug-likeness (QED) is 0.842. The Kier molecular flexibility index (Phi) is 4.83. The SMILES string of the molecule is Cc1cccc(C)c1NCC(=O)OC1CCCCC1. The lowest BCUT2D eigenvalue weighted by molar-refractivity contribution is -0.148. The molecule has 104 valence electrons. The van der Waals surface area contributed by atoms with Crippen LogP contribution in [0.25, 0.3) is 0 Å². The van der Waals surface area contributed by atoms with Crippen LogP contribution < -0.4 is 5.32 Å².